The minimum Gasteiger partial charge on any atom is -0.497 e. The molecule has 8 nitrogen and oxygen atoms in total. The summed E-state index contributed by atoms with van der Waals surface area (Å²) in [6.07, 6.45) is 3.58. The van der Waals surface area contributed by atoms with Gasteiger partial charge in [-0.25, -0.2) is 0 Å². The van der Waals surface area contributed by atoms with Crippen LogP contribution >= 0.6 is 23.5 Å². The predicted molar refractivity (Wildman–Crippen MR) is 147 cm³/mol. The number of carbonyl (C=O) groups excluding carboxylic acids is 2. The van der Waals surface area contributed by atoms with Crippen LogP contribution in [-0.4, -0.2) is 51.5 Å². The summed E-state index contributed by atoms with van der Waals surface area (Å²) in [5.74, 6) is 2.17. The van der Waals surface area contributed by atoms with E-state index in [1.165, 1.54) is 11.8 Å². The van der Waals surface area contributed by atoms with E-state index in [4.69, 9.17) is 4.74 Å². The number of hydrogen-bond acceptors (Lipinski definition) is 7. The molecule has 0 bridgehead atoms. The van der Waals surface area contributed by atoms with Gasteiger partial charge in [-0.15, -0.1) is 10.2 Å². The Balaban J connectivity index is 1.71. The molecule has 0 saturated carbocycles. The first-order valence-electron chi connectivity index (χ1n) is 11.9. The lowest BCUT2D eigenvalue weighted by Gasteiger charge is -2.19. The first kappa shape index (κ1) is 27.6. The smallest absolute Gasteiger partial charge is 0.251 e. The van der Waals surface area contributed by atoms with E-state index in [9.17, 15) is 9.59 Å². The number of methoxy groups -OCH3 is 1. The highest BCUT2D eigenvalue weighted by Crippen LogP contribution is 2.25. The molecule has 0 unspecified atom stereocenters. The van der Waals surface area contributed by atoms with Gasteiger partial charge in [0.25, 0.3) is 5.91 Å². The summed E-state index contributed by atoms with van der Waals surface area (Å²) >= 11 is 3.05. The van der Waals surface area contributed by atoms with Crippen molar-refractivity contribution < 1.29 is 14.3 Å². The van der Waals surface area contributed by atoms with E-state index in [1.807, 2.05) is 42.0 Å². The number of aromatic nitrogens is 3. The average Bonchev–Trinajstić information content (AvgIpc) is 3.32. The molecule has 0 aliphatic rings. The van der Waals surface area contributed by atoms with E-state index in [1.54, 1.807) is 43.1 Å². The SMILES string of the molecule is CCc1ccccc1NC(=O)CSc1nnc([C@H](CCSC)NC(=O)c2ccc(OC)cc2)n1CC. The van der Waals surface area contributed by atoms with Crippen LogP contribution in [0.3, 0.4) is 0 Å². The molecule has 1 heterocycles. The van der Waals surface area contributed by atoms with E-state index in [0.717, 1.165) is 23.4 Å². The predicted octanol–water partition coefficient (Wildman–Crippen LogP) is 4.82. The molecule has 36 heavy (non-hydrogen) atoms. The van der Waals surface area contributed by atoms with Crippen molar-refractivity contribution in [3.05, 3.63) is 65.5 Å². The minimum atomic E-state index is -0.306. The fraction of sp³-hybridized carbons (Fsp3) is 0.385. The Bertz CT molecular complexity index is 1150. The van der Waals surface area contributed by atoms with E-state index in [-0.39, 0.29) is 23.6 Å². The monoisotopic (exact) mass is 527 g/mol. The number of aryl methyl sites for hydroxylation is 1. The zero-order chi connectivity index (χ0) is 25.9. The maximum absolute atomic E-state index is 13.0. The van der Waals surface area contributed by atoms with Crippen molar-refractivity contribution in [3.63, 3.8) is 0 Å². The van der Waals surface area contributed by atoms with Gasteiger partial charge >= 0.3 is 0 Å². The number of thioether (sulfide) groups is 2. The van der Waals surface area contributed by atoms with Crippen LogP contribution in [0.1, 0.15) is 48.1 Å². The normalized spacial score (nSPS) is 11.7. The Morgan fingerprint density at radius 3 is 2.50 bits per heavy atom. The highest BCUT2D eigenvalue weighted by atomic mass is 32.2. The summed E-state index contributed by atoms with van der Waals surface area (Å²) in [4.78, 5) is 25.6. The maximum Gasteiger partial charge on any atom is 0.251 e. The largest absolute Gasteiger partial charge is 0.497 e. The van der Waals surface area contributed by atoms with Gasteiger partial charge in [-0.2, -0.15) is 11.8 Å². The first-order valence-corrected chi connectivity index (χ1v) is 14.3. The number of amides is 2. The van der Waals surface area contributed by atoms with E-state index in [2.05, 4.69) is 27.8 Å². The fourth-order valence-corrected chi connectivity index (χ4v) is 5.00. The van der Waals surface area contributed by atoms with Crippen LogP contribution in [0.2, 0.25) is 0 Å². The van der Waals surface area contributed by atoms with Gasteiger partial charge in [0.2, 0.25) is 5.91 Å². The van der Waals surface area contributed by atoms with Crippen molar-refractivity contribution in [2.24, 2.45) is 0 Å². The molecule has 2 aromatic carbocycles. The van der Waals surface area contributed by atoms with Crippen LogP contribution in [0.4, 0.5) is 5.69 Å². The molecule has 0 aliphatic heterocycles. The van der Waals surface area contributed by atoms with Crippen molar-refractivity contribution in [1.29, 1.82) is 0 Å². The highest BCUT2D eigenvalue weighted by Gasteiger charge is 2.23. The van der Waals surface area contributed by atoms with Crippen molar-refractivity contribution in [1.82, 2.24) is 20.1 Å². The van der Waals surface area contributed by atoms with Gasteiger partial charge in [-0.3, -0.25) is 9.59 Å². The molecular formula is C26H33N5O3S2. The zero-order valence-electron chi connectivity index (χ0n) is 21.1. The molecule has 0 spiro atoms. The lowest BCUT2D eigenvalue weighted by atomic mass is 10.1. The van der Waals surface area contributed by atoms with Crippen LogP contribution in [0.15, 0.2) is 53.7 Å². The number of hydrogen-bond donors (Lipinski definition) is 2. The van der Waals surface area contributed by atoms with Crippen LogP contribution in [0, 0.1) is 0 Å². The van der Waals surface area contributed by atoms with Crippen molar-refractivity contribution >= 4 is 41.0 Å². The van der Waals surface area contributed by atoms with E-state index < -0.39 is 0 Å². The first-order chi connectivity index (χ1) is 17.5. The second kappa shape index (κ2) is 13.9. The topological polar surface area (TPSA) is 98.1 Å². The summed E-state index contributed by atoms with van der Waals surface area (Å²) in [5, 5.41) is 15.5. The number of para-hydroxylation sites is 1. The summed E-state index contributed by atoms with van der Waals surface area (Å²) in [5.41, 5.74) is 2.48. The average molecular weight is 528 g/mol. The molecule has 0 aliphatic carbocycles. The van der Waals surface area contributed by atoms with Gasteiger partial charge in [0, 0.05) is 17.8 Å². The second-order valence-corrected chi connectivity index (χ2v) is 9.90. The molecular weight excluding hydrogens is 494 g/mol. The van der Waals surface area contributed by atoms with Crippen LogP contribution in [0.5, 0.6) is 5.75 Å². The standard InChI is InChI=1S/C26H33N5O3S2/c1-5-18-9-7-8-10-21(18)27-23(32)17-36-26-30-29-24(31(26)6-2)22(15-16-35-4)28-25(33)19-11-13-20(34-3)14-12-19/h7-14,22H,5-6,15-17H2,1-4H3,(H,27,32)(H,28,33)/t22-/m0/s1. The molecule has 0 saturated heterocycles. The number of benzene rings is 2. The number of nitrogens with zero attached hydrogens (tertiary/aromatic N) is 3. The molecule has 0 fully saturated rings. The molecule has 1 aromatic heterocycles. The van der Waals surface area contributed by atoms with Crippen molar-refractivity contribution in [3.8, 4) is 5.75 Å². The van der Waals surface area contributed by atoms with Crippen LogP contribution < -0.4 is 15.4 Å². The fourth-order valence-electron chi connectivity index (χ4n) is 3.71. The van der Waals surface area contributed by atoms with Gasteiger partial charge < -0.3 is 19.9 Å². The Labute approximate surface area is 221 Å². The van der Waals surface area contributed by atoms with Gasteiger partial charge in [-0.1, -0.05) is 36.9 Å². The number of anilines is 1. The van der Waals surface area contributed by atoms with E-state index in [0.29, 0.717) is 35.3 Å². The minimum absolute atomic E-state index is 0.0974. The number of carbonyl (C=O) groups is 2. The van der Waals surface area contributed by atoms with Crippen molar-refractivity contribution in [2.75, 3.05) is 30.2 Å². The highest BCUT2D eigenvalue weighted by molar-refractivity contribution is 7.99. The number of rotatable bonds is 13. The van der Waals surface area contributed by atoms with Gasteiger partial charge in [-0.05, 0) is 67.7 Å². The summed E-state index contributed by atoms with van der Waals surface area (Å²) in [6.45, 7) is 4.69. The van der Waals surface area contributed by atoms with Gasteiger partial charge in [0.15, 0.2) is 11.0 Å². The Morgan fingerprint density at radius 1 is 1.08 bits per heavy atom. The third-order valence-electron chi connectivity index (χ3n) is 5.65. The third kappa shape index (κ3) is 7.27. The lowest BCUT2D eigenvalue weighted by molar-refractivity contribution is -0.113. The molecule has 1 atom stereocenters. The second-order valence-electron chi connectivity index (χ2n) is 7.97. The molecule has 10 heteroatoms. The van der Waals surface area contributed by atoms with Crippen molar-refractivity contribution in [2.45, 2.75) is 44.4 Å². The summed E-state index contributed by atoms with van der Waals surface area (Å²) < 4.78 is 7.15. The quantitative estimate of drug-likeness (QED) is 0.307. The number of ether oxygens (including phenoxy) is 1. The Morgan fingerprint density at radius 2 is 1.83 bits per heavy atom. The van der Waals surface area contributed by atoms with Crippen LogP contribution in [0.25, 0.3) is 0 Å². The maximum atomic E-state index is 13.0. The molecule has 3 rings (SSSR count). The Hall–Kier alpha value is -2.98. The lowest BCUT2D eigenvalue weighted by Crippen LogP contribution is -2.31. The van der Waals surface area contributed by atoms with Crippen LogP contribution in [-0.2, 0) is 17.8 Å². The third-order valence-corrected chi connectivity index (χ3v) is 7.26. The molecule has 0 radical (unpaired) electrons. The summed E-state index contributed by atoms with van der Waals surface area (Å²) in [6, 6.07) is 14.5. The molecule has 2 N–H and O–H groups in total. The zero-order valence-corrected chi connectivity index (χ0v) is 22.7. The van der Waals surface area contributed by atoms with Gasteiger partial charge in [0.1, 0.15) is 5.75 Å². The number of nitrogens with one attached hydrogen (secondary N) is 2. The summed E-state index contributed by atoms with van der Waals surface area (Å²) in [7, 11) is 1.59. The van der Waals surface area contributed by atoms with E-state index >= 15 is 0 Å². The molecule has 192 valence electrons. The van der Waals surface area contributed by atoms with Gasteiger partial charge in [0.05, 0.1) is 18.9 Å². The molecule has 2 amide bonds. The molecule has 3 aromatic rings. The Kier molecular flexibility index (Phi) is 10.7.